The fourth-order valence-electron chi connectivity index (χ4n) is 1.44. The van der Waals surface area contributed by atoms with Crippen LogP contribution in [0, 0.1) is 17.5 Å². The van der Waals surface area contributed by atoms with Crippen LogP contribution in [0.25, 0.3) is 0 Å². The predicted molar refractivity (Wildman–Crippen MR) is 63.7 cm³/mol. The first-order chi connectivity index (χ1) is 8.49. The molecule has 1 nitrogen and oxygen atoms in total. The molecule has 2 aromatic rings. The number of carbonyl (C=O) groups is 1. The lowest BCUT2D eigenvalue weighted by Gasteiger charge is -2.02. The Morgan fingerprint density at radius 3 is 2.44 bits per heavy atom. The summed E-state index contributed by atoms with van der Waals surface area (Å²) < 4.78 is 39.6. The number of benzene rings is 1. The summed E-state index contributed by atoms with van der Waals surface area (Å²) in [4.78, 5) is 12.4. The summed E-state index contributed by atoms with van der Waals surface area (Å²) in [6.45, 7) is 0. The largest absolute Gasteiger partial charge is 0.294 e. The van der Waals surface area contributed by atoms with E-state index < -0.39 is 28.8 Å². The Morgan fingerprint density at radius 2 is 1.83 bits per heavy atom. The number of carbonyl (C=O) groups excluding carboxylic acids is 1. The fourth-order valence-corrected chi connectivity index (χ4v) is 2.53. The van der Waals surface area contributed by atoms with Crippen LogP contribution in [-0.4, -0.2) is 5.78 Å². The van der Waals surface area contributed by atoms with Gasteiger partial charge in [0.2, 0.25) is 0 Å². The lowest BCUT2D eigenvalue weighted by Crippen LogP contribution is -2.07. The molecule has 0 amide bonds. The zero-order valence-corrected chi connectivity index (χ0v) is 10.4. The van der Waals surface area contributed by atoms with Gasteiger partial charge in [-0.25, -0.2) is 13.2 Å². The van der Waals surface area contributed by atoms with Crippen LogP contribution in [0.3, 0.4) is 0 Å². The smallest absolute Gasteiger partial charge is 0.195 e. The van der Waals surface area contributed by atoms with Gasteiger partial charge in [0.15, 0.2) is 23.2 Å². The average molecular weight is 291 g/mol. The van der Waals surface area contributed by atoms with Gasteiger partial charge in [0.1, 0.15) is 0 Å². The summed E-state index contributed by atoms with van der Waals surface area (Å²) in [5.41, 5.74) is -0.460. The third-order valence-electron chi connectivity index (χ3n) is 2.30. The van der Waals surface area contributed by atoms with Gasteiger partial charge in [-0.2, -0.15) is 0 Å². The fraction of sp³-hybridized carbons (Fsp3) is 0.0833. The van der Waals surface area contributed by atoms with Crippen LogP contribution in [0.15, 0.2) is 24.3 Å². The van der Waals surface area contributed by atoms with E-state index in [2.05, 4.69) is 0 Å². The van der Waals surface area contributed by atoms with Crippen molar-refractivity contribution in [1.82, 2.24) is 0 Å². The van der Waals surface area contributed by atoms with E-state index in [1.165, 1.54) is 11.3 Å². The minimum Gasteiger partial charge on any atom is -0.294 e. The van der Waals surface area contributed by atoms with E-state index in [-0.39, 0.29) is 6.42 Å². The van der Waals surface area contributed by atoms with Crippen molar-refractivity contribution in [1.29, 1.82) is 0 Å². The van der Waals surface area contributed by atoms with Gasteiger partial charge in [-0.05, 0) is 24.3 Å². The average Bonchev–Trinajstić information content (AvgIpc) is 2.71. The molecule has 0 unspecified atom stereocenters. The third-order valence-corrected chi connectivity index (χ3v) is 3.53. The summed E-state index contributed by atoms with van der Waals surface area (Å²) >= 11 is 6.87. The molecule has 0 aliphatic rings. The molecular formula is C12H6ClF3OS. The van der Waals surface area contributed by atoms with Crippen LogP contribution in [0.2, 0.25) is 4.34 Å². The number of rotatable bonds is 3. The monoisotopic (exact) mass is 290 g/mol. The van der Waals surface area contributed by atoms with Gasteiger partial charge in [-0.15, -0.1) is 11.3 Å². The van der Waals surface area contributed by atoms with Crippen LogP contribution in [-0.2, 0) is 6.42 Å². The normalized spacial score (nSPS) is 10.7. The van der Waals surface area contributed by atoms with Crippen molar-refractivity contribution in [3.8, 4) is 0 Å². The molecule has 18 heavy (non-hydrogen) atoms. The number of ketones is 1. The molecule has 1 heterocycles. The van der Waals surface area contributed by atoms with Gasteiger partial charge >= 0.3 is 0 Å². The molecule has 0 aliphatic carbocycles. The SMILES string of the molecule is O=C(Cc1ccc(Cl)s1)c1ccc(F)c(F)c1F. The molecule has 2 rings (SSSR count). The number of thiophene rings is 1. The van der Waals surface area contributed by atoms with E-state index >= 15 is 0 Å². The Labute approximate surface area is 110 Å². The maximum absolute atomic E-state index is 13.4. The second kappa shape index (κ2) is 5.12. The van der Waals surface area contributed by atoms with Crippen LogP contribution < -0.4 is 0 Å². The quantitative estimate of drug-likeness (QED) is 0.610. The van der Waals surface area contributed by atoms with Gasteiger partial charge in [0.05, 0.1) is 9.90 Å². The molecule has 0 saturated carbocycles. The zero-order chi connectivity index (χ0) is 13.3. The second-order valence-corrected chi connectivity index (χ2v) is 5.33. The molecule has 1 aromatic carbocycles. The maximum atomic E-state index is 13.4. The Balaban J connectivity index is 2.27. The summed E-state index contributed by atoms with van der Waals surface area (Å²) in [6, 6.07) is 4.90. The van der Waals surface area contributed by atoms with E-state index in [1.807, 2.05) is 0 Å². The van der Waals surface area contributed by atoms with Crippen LogP contribution >= 0.6 is 22.9 Å². The first-order valence-corrected chi connectivity index (χ1v) is 6.09. The van der Waals surface area contributed by atoms with Crippen molar-refractivity contribution in [2.24, 2.45) is 0 Å². The summed E-state index contributed by atoms with van der Waals surface area (Å²) in [5.74, 6) is -5.03. The standard InChI is InChI=1S/C12H6ClF3OS/c13-10-4-1-6(18-10)5-9(17)7-2-3-8(14)12(16)11(7)15/h1-4H,5H2. The number of halogens is 4. The summed E-state index contributed by atoms with van der Waals surface area (Å²) in [7, 11) is 0. The van der Waals surface area contributed by atoms with Gasteiger partial charge in [0, 0.05) is 11.3 Å². The molecule has 94 valence electrons. The molecule has 0 N–H and O–H groups in total. The van der Waals surface area contributed by atoms with Crippen molar-refractivity contribution >= 4 is 28.7 Å². The van der Waals surface area contributed by atoms with Gasteiger partial charge in [0.25, 0.3) is 0 Å². The molecule has 0 aliphatic heterocycles. The van der Waals surface area contributed by atoms with Gasteiger partial charge in [-0.3, -0.25) is 4.79 Å². The summed E-state index contributed by atoms with van der Waals surface area (Å²) in [6.07, 6.45) is -0.0978. The number of hydrogen-bond acceptors (Lipinski definition) is 2. The molecule has 0 spiro atoms. The highest BCUT2D eigenvalue weighted by Gasteiger charge is 2.19. The molecule has 0 radical (unpaired) electrons. The van der Waals surface area contributed by atoms with Crippen molar-refractivity contribution in [3.05, 3.63) is 56.5 Å². The second-order valence-electron chi connectivity index (χ2n) is 3.53. The molecule has 6 heteroatoms. The minimum atomic E-state index is -1.63. The van der Waals surface area contributed by atoms with E-state index in [0.717, 1.165) is 12.1 Å². The minimum absolute atomic E-state index is 0.0978. The van der Waals surface area contributed by atoms with E-state index in [1.54, 1.807) is 12.1 Å². The Morgan fingerprint density at radius 1 is 1.11 bits per heavy atom. The molecule has 0 atom stereocenters. The van der Waals surface area contributed by atoms with Gasteiger partial charge in [-0.1, -0.05) is 11.6 Å². The molecule has 1 aromatic heterocycles. The van der Waals surface area contributed by atoms with E-state index in [0.29, 0.717) is 9.21 Å². The molecule has 0 saturated heterocycles. The van der Waals surface area contributed by atoms with Gasteiger partial charge < -0.3 is 0 Å². The Hall–Kier alpha value is -1.33. The highest BCUT2D eigenvalue weighted by Crippen LogP contribution is 2.24. The topological polar surface area (TPSA) is 17.1 Å². The molecule has 0 bridgehead atoms. The maximum Gasteiger partial charge on any atom is 0.195 e. The Kier molecular flexibility index (Phi) is 3.73. The lowest BCUT2D eigenvalue weighted by atomic mass is 10.1. The van der Waals surface area contributed by atoms with Crippen LogP contribution in [0.1, 0.15) is 15.2 Å². The van der Waals surface area contributed by atoms with E-state index in [9.17, 15) is 18.0 Å². The first-order valence-electron chi connectivity index (χ1n) is 4.90. The number of Topliss-reactive ketones (excluding diaryl/α,β-unsaturated/α-hetero) is 1. The molecule has 0 fully saturated rings. The van der Waals surface area contributed by atoms with Crippen molar-refractivity contribution in [3.63, 3.8) is 0 Å². The van der Waals surface area contributed by atoms with Crippen molar-refractivity contribution in [2.75, 3.05) is 0 Å². The highest BCUT2D eigenvalue weighted by atomic mass is 35.5. The Bertz CT molecular complexity index is 609. The molecular weight excluding hydrogens is 285 g/mol. The third kappa shape index (κ3) is 2.57. The van der Waals surface area contributed by atoms with Crippen molar-refractivity contribution < 1.29 is 18.0 Å². The van der Waals surface area contributed by atoms with Crippen molar-refractivity contribution in [2.45, 2.75) is 6.42 Å². The first kappa shape index (κ1) is 13.1. The van der Waals surface area contributed by atoms with E-state index in [4.69, 9.17) is 11.6 Å². The van der Waals surface area contributed by atoms with Crippen LogP contribution in [0.4, 0.5) is 13.2 Å². The highest BCUT2D eigenvalue weighted by molar-refractivity contribution is 7.16. The zero-order valence-electron chi connectivity index (χ0n) is 8.84. The summed E-state index contributed by atoms with van der Waals surface area (Å²) in [5, 5.41) is 0. The number of hydrogen-bond donors (Lipinski definition) is 0. The lowest BCUT2D eigenvalue weighted by molar-refractivity contribution is 0.0988. The van der Waals surface area contributed by atoms with Crippen LogP contribution in [0.5, 0.6) is 0 Å². The predicted octanol–water partition coefficient (Wildman–Crippen LogP) is 4.24.